The zero-order valence-electron chi connectivity index (χ0n) is 15.3. The third-order valence-electron chi connectivity index (χ3n) is 4.00. The third-order valence-corrected chi connectivity index (χ3v) is 4.00. The van der Waals surface area contributed by atoms with Gasteiger partial charge in [0.1, 0.15) is 12.3 Å². The predicted octanol–water partition coefficient (Wildman–Crippen LogP) is 3.24. The van der Waals surface area contributed by atoms with Gasteiger partial charge in [-0.2, -0.15) is 0 Å². The van der Waals surface area contributed by atoms with Crippen LogP contribution in [0.15, 0.2) is 24.3 Å². The van der Waals surface area contributed by atoms with Crippen LogP contribution in [-0.4, -0.2) is 30.2 Å². The first-order valence-corrected chi connectivity index (χ1v) is 8.15. The molecule has 0 saturated heterocycles. The van der Waals surface area contributed by atoms with E-state index in [1.165, 1.54) is 0 Å². The van der Waals surface area contributed by atoms with E-state index < -0.39 is 0 Å². The molecule has 0 bridgehead atoms. The van der Waals surface area contributed by atoms with Gasteiger partial charge in [-0.1, -0.05) is 6.07 Å². The van der Waals surface area contributed by atoms with Gasteiger partial charge in [-0.3, -0.25) is 4.79 Å². The number of carbonyl (C=O) groups is 2. The Balaban J connectivity index is 2.19. The van der Waals surface area contributed by atoms with Gasteiger partial charge >= 0.3 is 5.97 Å². The van der Waals surface area contributed by atoms with Crippen molar-refractivity contribution in [3.8, 4) is 5.75 Å². The maximum absolute atomic E-state index is 12.5. The SMILES string of the molecule is CCOC(=O)c1cc(C)n(CC(=O)Nc2cc(C)ccc2OC)c1C. The van der Waals surface area contributed by atoms with Crippen LogP contribution in [0.3, 0.4) is 0 Å². The number of aryl methyl sites for hydroxylation is 2. The van der Waals surface area contributed by atoms with Gasteiger partial charge in [-0.05, 0) is 51.5 Å². The van der Waals surface area contributed by atoms with Crippen molar-refractivity contribution in [3.05, 3.63) is 46.8 Å². The molecule has 0 unspecified atom stereocenters. The zero-order valence-corrected chi connectivity index (χ0v) is 15.3. The molecule has 0 atom stereocenters. The second kappa shape index (κ2) is 7.88. The van der Waals surface area contributed by atoms with Crippen LogP contribution in [0, 0.1) is 20.8 Å². The molecule has 0 aliphatic rings. The van der Waals surface area contributed by atoms with Crippen LogP contribution >= 0.6 is 0 Å². The van der Waals surface area contributed by atoms with Gasteiger partial charge < -0.3 is 19.4 Å². The van der Waals surface area contributed by atoms with Crippen molar-refractivity contribution < 1.29 is 19.1 Å². The van der Waals surface area contributed by atoms with Crippen molar-refractivity contribution in [1.29, 1.82) is 0 Å². The summed E-state index contributed by atoms with van der Waals surface area (Å²) in [6, 6.07) is 7.33. The Morgan fingerprint density at radius 1 is 1.16 bits per heavy atom. The highest BCUT2D eigenvalue weighted by molar-refractivity contribution is 5.93. The molecule has 25 heavy (non-hydrogen) atoms. The van der Waals surface area contributed by atoms with E-state index in [4.69, 9.17) is 9.47 Å². The fraction of sp³-hybridized carbons (Fsp3) is 0.368. The predicted molar refractivity (Wildman–Crippen MR) is 96.2 cm³/mol. The number of rotatable bonds is 6. The Kier molecular flexibility index (Phi) is 5.85. The molecule has 134 valence electrons. The molecule has 2 rings (SSSR count). The van der Waals surface area contributed by atoms with E-state index in [9.17, 15) is 9.59 Å². The van der Waals surface area contributed by atoms with Gasteiger partial charge in [0.25, 0.3) is 0 Å². The highest BCUT2D eigenvalue weighted by atomic mass is 16.5. The standard InChI is InChI=1S/C19H24N2O4/c1-6-25-19(23)15-10-13(3)21(14(15)4)11-18(22)20-16-9-12(2)7-8-17(16)24-5/h7-10H,6,11H2,1-5H3,(H,20,22). The molecule has 6 nitrogen and oxygen atoms in total. The molecule has 2 aromatic rings. The molecule has 1 aromatic heterocycles. The van der Waals surface area contributed by atoms with Crippen molar-refractivity contribution in [3.63, 3.8) is 0 Å². The fourth-order valence-electron chi connectivity index (χ4n) is 2.71. The van der Waals surface area contributed by atoms with Crippen molar-refractivity contribution in [2.24, 2.45) is 0 Å². The molecule has 0 saturated carbocycles. The summed E-state index contributed by atoms with van der Waals surface area (Å²) in [4.78, 5) is 24.4. The average Bonchev–Trinajstić information content (AvgIpc) is 2.83. The molecule has 0 spiro atoms. The van der Waals surface area contributed by atoms with Crippen LogP contribution in [0.2, 0.25) is 0 Å². The van der Waals surface area contributed by atoms with E-state index in [-0.39, 0.29) is 18.4 Å². The average molecular weight is 344 g/mol. The molecular formula is C19H24N2O4. The van der Waals surface area contributed by atoms with Gasteiger partial charge in [-0.25, -0.2) is 4.79 Å². The number of hydrogen-bond acceptors (Lipinski definition) is 4. The lowest BCUT2D eigenvalue weighted by atomic mass is 10.2. The number of nitrogens with one attached hydrogen (secondary N) is 1. The Morgan fingerprint density at radius 3 is 2.52 bits per heavy atom. The number of esters is 1. The molecule has 1 aromatic carbocycles. The summed E-state index contributed by atoms with van der Waals surface area (Å²) in [7, 11) is 1.56. The normalized spacial score (nSPS) is 10.4. The summed E-state index contributed by atoms with van der Waals surface area (Å²) in [6.45, 7) is 7.79. The number of benzene rings is 1. The largest absolute Gasteiger partial charge is 0.495 e. The van der Waals surface area contributed by atoms with Crippen molar-refractivity contribution in [1.82, 2.24) is 4.57 Å². The summed E-state index contributed by atoms with van der Waals surface area (Å²) in [5.74, 6) is 0.0378. The molecule has 0 aliphatic heterocycles. The molecular weight excluding hydrogens is 320 g/mol. The second-order valence-corrected chi connectivity index (χ2v) is 5.84. The first kappa shape index (κ1) is 18.6. The highest BCUT2D eigenvalue weighted by Gasteiger charge is 2.18. The molecule has 0 radical (unpaired) electrons. The van der Waals surface area contributed by atoms with Gasteiger partial charge in [0.05, 0.1) is 25.0 Å². The minimum Gasteiger partial charge on any atom is -0.495 e. The summed E-state index contributed by atoms with van der Waals surface area (Å²) >= 11 is 0. The van der Waals surface area contributed by atoms with E-state index in [0.29, 0.717) is 29.3 Å². The van der Waals surface area contributed by atoms with Crippen molar-refractivity contribution in [2.45, 2.75) is 34.2 Å². The summed E-state index contributed by atoms with van der Waals surface area (Å²) < 4.78 is 12.1. The van der Waals surface area contributed by atoms with E-state index in [1.54, 1.807) is 31.6 Å². The molecule has 0 fully saturated rings. The van der Waals surface area contributed by atoms with Crippen LogP contribution in [0.4, 0.5) is 5.69 Å². The number of ether oxygens (including phenoxy) is 2. The first-order valence-electron chi connectivity index (χ1n) is 8.15. The van der Waals surface area contributed by atoms with Gasteiger partial charge in [-0.15, -0.1) is 0 Å². The Labute approximate surface area is 147 Å². The zero-order chi connectivity index (χ0) is 18.6. The minimum absolute atomic E-state index is 0.105. The number of nitrogens with zero attached hydrogens (tertiary/aromatic N) is 1. The van der Waals surface area contributed by atoms with Gasteiger partial charge in [0.2, 0.25) is 5.91 Å². The van der Waals surface area contributed by atoms with Crippen molar-refractivity contribution in [2.75, 3.05) is 19.0 Å². The summed E-state index contributed by atoms with van der Waals surface area (Å²) in [5.41, 5.74) is 3.67. The van der Waals surface area contributed by atoms with E-state index in [1.807, 2.05) is 32.0 Å². The van der Waals surface area contributed by atoms with Crippen LogP contribution in [-0.2, 0) is 16.1 Å². The molecule has 6 heteroatoms. The quantitative estimate of drug-likeness (QED) is 0.817. The lowest BCUT2D eigenvalue weighted by Gasteiger charge is -2.13. The van der Waals surface area contributed by atoms with E-state index >= 15 is 0 Å². The number of aromatic nitrogens is 1. The Morgan fingerprint density at radius 2 is 1.88 bits per heavy atom. The number of carbonyl (C=O) groups excluding carboxylic acids is 2. The number of methoxy groups -OCH3 is 1. The lowest BCUT2D eigenvalue weighted by Crippen LogP contribution is -2.21. The van der Waals surface area contributed by atoms with Gasteiger partial charge in [0.15, 0.2) is 0 Å². The summed E-state index contributed by atoms with van der Waals surface area (Å²) in [6.07, 6.45) is 0. The van der Waals surface area contributed by atoms with Crippen molar-refractivity contribution >= 4 is 17.6 Å². The van der Waals surface area contributed by atoms with Crippen LogP contribution in [0.5, 0.6) is 5.75 Å². The maximum Gasteiger partial charge on any atom is 0.339 e. The highest BCUT2D eigenvalue weighted by Crippen LogP contribution is 2.25. The van der Waals surface area contributed by atoms with Gasteiger partial charge in [0, 0.05) is 11.4 Å². The van der Waals surface area contributed by atoms with Crippen LogP contribution < -0.4 is 10.1 Å². The third kappa shape index (κ3) is 4.21. The van der Waals surface area contributed by atoms with Crippen LogP contribution in [0.1, 0.15) is 34.2 Å². The topological polar surface area (TPSA) is 69.6 Å². The fourth-order valence-corrected chi connectivity index (χ4v) is 2.71. The van der Waals surface area contributed by atoms with E-state index in [2.05, 4.69) is 5.32 Å². The van der Waals surface area contributed by atoms with E-state index in [0.717, 1.165) is 11.3 Å². The Hall–Kier alpha value is -2.76. The number of anilines is 1. The van der Waals surface area contributed by atoms with Crippen LogP contribution in [0.25, 0.3) is 0 Å². The monoisotopic (exact) mass is 344 g/mol. The molecule has 1 N–H and O–H groups in total. The number of hydrogen-bond donors (Lipinski definition) is 1. The molecule has 1 heterocycles. The Bertz CT molecular complexity index is 793. The second-order valence-electron chi connectivity index (χ2n) is 5.84. The maximum atomic E-state index is 12.5. The smallest absolute Gasteiger partial charge is 0.339 e. The molecule has 0 aliphatic carbocycles. The minimum atomic E-state index is -0.373. The molecule has 1 amide bonds. The lowest BCUT2D eigenvalue weighted by molar-refractivity contribution is -0.116. The first-order chi connectivity index (χ1) is 11.9. The summed E-state index contributed by atoms with van der Waals surface area (Å²) in [5, 5.41) is 2.87. The number of amides is 1.